The van der Waals surface area contributed by atoms with Gasteiger partial charge in [0.25, 0.3) is 0 Å². The van der Waals surface area contributed by atoms with Gasteiger partial charge in [-0.05, 0) is 58.6 Å². The van der Waals surface area contributed by atoms with E-state index in [9.17, 15) is 0 Å². The fraction of sp³-hybridized carbons (Fsp3) is 0.267. The average Bonchev–Trinajstić information content (AvgIpc) is 2.39. The third kappa shape index (κ3) is 3.80. The lowest BCUT2D eigenvalue weighted by Gasteiger charge is -2.13. The smallest absolute Gasteiger partial charge is 0.130 e. The summed E-state index contributed by atoms with van der Waals surface area (Å²) in [7, 11) is 0. The van der Waals surface area contributed by atoms with Gasteiger partial charge in [0.05, 0.1) is 5.69 Å². The maximum absolute atomic E-state index is 5.90. The number of rotatable bonds is 4. The van der Waals surface area contributed by atoms with Crippen molar-refractivity contribution < 1.29 is 4.74 Å². The molecule has 0 aliphatic rings. The highest BCUT2D eigenvalue weighted by Gasteiger charge is 2.07. The van der Waals surface area contributed by atoms with E-state index in [0.29, 0.717) is 6.61 Å². The Kier molecular flexibility index (Phi) is 4.99. The Morgan fingerprint density at radius 2 is 1.84 bits per heavy atom. The number of nitrogens with zero attached hydrogens (tertiary/aromatic N) is 1. The largest absolute Gasteiger partial charge is 0.487 e. The molecule has 0 aliphatic heterocycles. The van der Waals surface area contributed by atoms with E-state index in [1.165, 1.54) is 5.56 Å². The first-order chi connectivity index (χ1) is 9.10. The van der Waals surface area contributed by atoms with Gasteiger partial charge in [0.1, 0.15) is 12.4 Å². The molecule has 0 atom stereocenters. The van der Waals surface area contributed by atoms with Crippen LogP contribution in [0.2, 0.25) is 0 Å². The molecule has 100 valence electrons. The Labute approximate surface area is 130 Å². The van der Waals surface area contributed by atoms with Crippen molar-refractivity contribution in [3.63, 3.8) is 0 Å². The first kappa shape index (κ1) is 14.5. The van der Waals surface area contributed by atoms with Gasteiger partial charge in [-0.15, -0.1) is 0 Å². The highest BCUT2D eigenvalue weighted by atomic mass is 79.9. The second-order valence-electron chi connectivity index (χ2n) is 4.45. The van der Waals surface area contributed by atoms with Gasteiger partial charge in [0, 0.05) is 16.0 Å². The zero-order valence-corrected chi connectivity index (χ0v) is 14.1. The van der Waals surface area contributed by atoms with Gasteiger partial charge >= 0.3 is 0 Å². The number of pyridine rings is 1. The van der Waals surface area contributed by atoms with Crippen molar-refractivity contribution in [1.82, 2.24) is 4.98 Å². The topological polar surface area (TPSA) is 22.1 Å². The van der Waals surface area contributed by atoms with E-state index in [2.05, 4.69) is 62.8 Å². The summed E-state index contributed by atoms with van der Waals surface area (Å²) in [5.74, 6) is 0.953. The molecular formula is C15H15Br2NO. The van der Waals surface area contributed by atoms with Crippen molar-refractivity contribution in [3.8, 4) is 5.75 Å². The molecule has 2 aromatic rings. The summed E-state index contributed by atoms with van der Waals surface area (Å²) in [6.07, 6.45) is 1.78. The van der Waals surface area contributed by atoms with Crippen molar-refractivity contribution in [2.45, 2.75) is 25.8 Å². The normalized spacial score (nSPS) is 10.5. The fourth-order valence-electron chi connectivity index (χ4n) is 1.98. The number of ether oxygens (including phenoxy) is 1. The van der Waals surface area contributed by atoms with Crippen LogP contribution in [-0.2, 0) is 11.9 Å². The first-order valence-corrected chi connectivity index (χ1v) is 7.91. The third-order valence-corrected chi connectivity index (χ3v) is 3.94. The maximum Gasteiger partial charge on any atom is 0.130 e. The van der Waals surface area contributed by atoms with Gasteiger partial charge < -0.3 is 4.74 Å². The lowest BCUT2D eigenvalue weighted by Crippen LogP contribution is -2.01. The number of benzene rings is 1. The Hall–Kier alpha value is -0.870. The van der Waals surface area contributed by atoms with Crippen LogP contribution in [0.5, 0.6) is 5.75 Å². The van der Waals surface area contributed by atoms with Crippen LogP contribution in [0.4, 0.5) is 0 Å². The fourth-order valence-corrected chi connectivity index (χ4v) is 2.54. The standard InChI is InChI=1S/C15H15Br2NO/c1-10-5-12(7-16)6-11(2)15(10)19-9-14-4-3-13(17)8-18-14/h3-6,8H,7,9H2,1-2H3. The molecule has 2 rings (SSSR count). The molecule has 1 aromatic carbocycles. The van der Waals surface area contributed by atoms with Gasteiger partial charge in [-0.2, -0.15) is 0 Å². The maximum atomic E-state index is 5.90. The van der Waals surface area contributed by atoms with Crippen molar-refractivity contribution in [3.05, 3.63) is 57.3 Å². The lowest BCUT2D eigenvalue weighted by molar-refractivity contribution is 0.297. The molecule has 0 saturated heterocycles. The molecule has 0 aliphatic carbocycles. The zero-order valence-electron chi connectivity index (χ0n) is 10.9. The van der Waals surface area contributed by atoms with E-state index in [-0.39, 0.29) is 0 Å². The number of hydrogen-bond donors (Lipinski definition) is 0. The summed E-state index contributed by atoms with van der Waals surface area (Å²) in [6, 6.07) is 8.22. The Morgan fingerprint density at radius 1 is 1.16 bits per heavy atom. The molecule has 0 unspecified atom stereocenters. The van der Waals surface area contributed by atoms with E-state index in [4.69, 9.17) is 4.74 Å². The number of aryl methyl sites for hydroxylation is 2. The van der Waals surface area contributed by atoms with Crippen molar-refractivity contribution in [2.24, 2.45) is 0 Å². The van der Waals surface area contributed by atoms with Crippen molar-refractivity contribution in [1.29, 1.82) is 0 Å². The third-order valence-electron chi connectivity index (χ3n) is 2.83. The van der Waals surface area contributed by atoms with E-state index < -0.39 is 0 Å². The SMILES string of the molecule is Cc1cc(CBr)cc(C)c1OCc1ccc(Br)cn1. The zero-order chi connectivity index (χ0) is 13.8. The van der Waals surface area contributed by atoms with Crippen molar-refractivity contribution >= 4 is 31.9 Å². The van der Waals surface area contributed by atoms with Crippen LogP contribution in [0.3, 0.4) is 0 Å². The van der Waals surface area contributed by atoms with E-state index in [0.717, 1.165) is 32.4 Å². The van der Waals surface area contributed by atoms with Gasteiger partial charge in [0.15, 0.2) is 0 Å². The minimum absolute atomic E-state index is 0.489. The van der Waals surface area contributed by atoms with Crippen molar-refractivity contribution in [2.75, 3.05) is 0 Å². The molecule has 0 N–H and O–H groups in total. The molecule has 2 nitrogen and oxygen atoms in total. The molecule has 4 heteroatoms. The monoisotopic (exact) mass is 383 g/mol. The molecule has 1 heterocycles. The predicted molar refractivity (Wildman–Crippen MR) is 84.8 cm³/mol. The lowest BCUT2D eigenvalue weighted by atomic mass is 10.1. The van der Waals surface area contributed by atoms with E-state index in [1.54, 1.807) is 6.20 Å². The summed E-state index contributed by atoms with van der Waals surface area (Å²) in [5, 5.41) is 0.864. The molecule has 0 saturated carbocycles. The number of hydrogen-bond acceptors (Lipinski definition) is 2. The Bertz CT molecular complexity index is 544. The molecule has 0 fully saturated rings. The molecule has 0 radical (unpaired) electrons. The number of aromatic nitrogens is 1. The summed E-state index contributed by atoms with van der Waals surface area (Å²) in [5.41, 5.74) is 4.51. The second-order valence-corrected chi connectivity index (χ2v) is 5.93. The van der Waals surface area contributed by atoms with Gasteiger partial charge in [-0.1, -0.05) is 28.1 Å². The molecular weight excluding hydrogens is 370 g/mol. The van der Waals surface area contributed by atoms with Crippen LogP contribution in [-0.4, -0.2) is 4.98 Å². The molecule has 19 heavy (non-hydrogen) atoms. The number of halogens is 2. The highest BCUT2D eigenvalue weighted by Crippen LogP contribution is 2.26. The van der Waals surface area contributed by atoms with E-state index >= 15 is 0 Å². The van der Waals surface area contributed by atoms with Crippen LogP contribution in [0.15, 0.2) is 34.9 Å². The second kappa shape index (κ2) is 6.53. The first-order valence-electron chi connectivity index (χ1n) is 5.99. The van der Waals surface area contributed by atoms with Gasteiger partial charge in [-0.3, -0.25) is 4.98 Å². The van der Waals surface area contributed by atoms with Crippen LogP contribution >= 0.6 is 31.9 Å². The minimum atomic E-state index is 0.489. The van der Waals surface area contributed by atoms with Crippen LogP contribution in [0, 0.1) is 13.8 Å². The molecule has 1 aromatic heterocycles. The van der Waals surface area contributed by atoms with Crippen LogP contribution in [0.25, 0.3) is 0 Å². The summed E-state index contributed by atoms with van der Waals surface area (Å²) in [6.45, 7) is 4.63. The number of alkyl halides is 1. The highest BCUT2D eigenvalue weighted by molar-refractivity contribution is 9.10. The molecule has 0 amide bonds. The average molecular weight is 385 g/mol. The molecule has 0 spiro atoms. The minimum Gasteiger partial charge on any atom is -0.487 e. The van der Waals surface area contributed by atoms with Gasteiger partial charge in [-0.25, -0.2) is 0 Å². The summed E-state index contributed by atoms with van der Waals surface area (Å²) in [4.78, 5) is 4.31. The Morgan fingerprint density at radius 3 is 2.37 bits per heavy atom. The summed E-state index contributed by atoms with van der Waals surface area (Å²) >= 11 is 6.85. The Balaban J connectivity index is 2.13. The van der Waals surface area contributed by atoms with Crippen LogP contribution < -0.4 is 4.74 Å². The van der Waals surface area contributed by atoms with Crippen LogP contribution in [0.1, 0.15) is 22.4 Å². The quantitative estimate of drug-likeness (QED) is 0.697. The van der Waals surface area contributed by atoms with E-state index in [1.807, 2.05) is 12.1 Å². The van der Waals surface area contributed by atoms with Gasteiger partial charge in [0.2, 0.25) is 0 Å². The predicted octanol–water partition coefficient (Wildman–Crippen LogP) is 4.93. The summed E-state index contributed by atoms with van der Waals surface area (Å²) < 4.78 is 6.88. The molecule has 0 bridgehead atoms.